The first-order valence-electron chi connectivity index (χ1n) is 4.70. The summed E-state index contributed by atoms with van der Waals surface area (Å²) in [7, 11) is 0. The molecule has 0 spiro atoms. The van der Waals surface area contributed by atoms with E-state index in [4.69, 9.17) is 0 Å². The number of rotatable bonds is 0. The van der Waals surface area contributed by atoms with Gasteiger partial charge in [-0.1, -0.05) is 25.7 Å². The highest BCUT2D eigenvalue weighted by molar-refractivity contribution is 4.88. The van der Waals surface area contributed by atoms with E-state index in [9.17, 15) is 0 Å². The summed E-state index contributed by atoms with van der Waals surface area (Å²) >= 11 is 0. The first-order chi connectivity index (χ1) is 4.97. The van der Waals surface area contributed by atoms with Crippen LogP contribution in [-0.4, -0.2) is 12.6 Å². The fraction of sp³-hybridized carbons (Fsp3) is 1.00. The van der Waals surface area contributed by atoms with Crippen molar-refractivity contribution in [2.45, 2.75) is 44.6 Å². The van der Waals surface area contributed by atoms with Crippen LogP contribution in [0.2, 0.25) is 0 Å². The zero-order chi connectivity index (χ0) is 6.81. The second-order valence-electron chi connectivity index (χ2n) is 3.77. The Kier molecular flexibility index (Phi) is 1.94. The summed E-state index contributed by atoms with van der Waals surface area (Å²) in [6.45, 7) is 1.31. The average molecular weight is 139 g/mol. The quantitative estimate of drug-likeness (QED) is 0.540. The molecule has 2 atom stereocenters. The molecule has 0 unspecified atom stereocenters. The predicted molar refractivity (Wildman–Crippen MR) is 43.0 cm³/mol. The van der Waals surface area contributed by atoms with Gasteiger partial charge in [-0.25, -0.2) is 0 Å². The van der Waals surface area contributed by atoms with Gasteiger partial charge in [0.05, 0.1) is 0 Å². The van der Waals surface area contributed by atoms with Crippen molar-refractivity contribution < 1.29 is 0 Å². The van der Waals surface area contributed by atoms with Crippen molar-refractivity contribution in [3.05, 3.63) is 0 Å². The van der Waals surface area contributed by atoms with Crippen molar-refractivity contribution in [3.63, 3.8) is 0 Å². The summed E-state index contributed by atoms with van der Waals surface area (Å²) < 4.78 is 0. The van der Waals surface area contributed by atoms with Crippen LogP contribution in [0, 0.1) is 5.92 Å². The molecule has 2 fully saturated rings. The molecule has 1 aliphatic carbocycles. The Bertz CT molecular complexity index is 97.3. The van der Waals surface area contributed by atoms with Gasteiger partial charge >= 0.3 is 0 Å². The number of nitrogens with one attached hydrogen (secondary N) is 1. The lowest BCUT2D eigenvalue weighted by molar-refractivity contribution is 0.186. The lowest BCUT2D eigenvalue weighted by atomic mass is 9.81. The molecule has 1 N–H and O–H groups in total. The third-order valence-electron chi connectivity index (χ3n) is 3.05. The summed E-state index contributed by atoms with van der Waals surface area (Å²) in [5.74, 6) is 1.06. The van der Waals surface area contributed by atoms with Gasteiger partial charge in [0.2, 0.25) is 0 Å². The highest BCUT2D eigenvalue weighted by Crippen LogP contribution is 2.27. The largest absolute Gasteiger partial charge is 0.313 e. The molecule has 10 heavy (non-hydrogen) atoms. The molecule has 58 valence electrons. The highest BCUT2D eigenvalue weighted by atomic mass is 15.0. The Morgan fingerprint density at radius 1 is 0.900 bits per heavy atom. The van der Waals surface area contributed by atoms with Crippen molar-refractivity contribution in [1.29, 1.82) is 0 Å². The molecule has 2 rings (SSSR count). The maximum atomic E-state index is 3.52. The van der Waals surface area contributed by atoms with E-state index in [2.05, 4.69) is 5.32 Å². The van der Waals surface area contributed by atoms with Gasteiger partial charge in [-0.3, -0.25) is 0 Å². The molecule has 1 heteroatoms. The lowest BCUT2D eigenvalue weighted by Gasteiger charge is -2.39. The van der Waals surface area contributed by atoms with Crippen molar-refractivity contribution in [1.82, 2.24) is 5.32 Å². The zero-order valence-corrected chi connectivity index (χ0v) is 6.60. The lowest BCUT2D eigenvalue weighted by Crippen LogP contribution is -2.52. The first-order valence-corrected chi connectivity index (χ1v) is 4.70. The Hall–Kier alpha value is -0.0400. The fourth-order valence-corrected chi connectivity index (χ4v) is 2.22. The summed E-state index contributed by atoms with van der Waals surface area (Å²) in [4.78, 5) is 0. The molecule has 0 radical (unpaired) electrons. The fourth-order valence-electron chi connectivity index (χ4n) is 2.22. The topological polar surface area (TPSA) is 12.0 Å². The van der Waals surface area contributed by atoms with E-state index >= 15 is 0 Å². The van der Waals surface area contributed by atoms with Crippen LogP contribution in [0.1, 0.15) is 38.5 Å². The minimum Gasteiger partial charge on any atom is -0.313 e. The van der Waals surface area contributed by atoms with E-state index in [0.717, 1.165) is 12.0 Å². The van der Waals surface area contributed by atoms with Crippen molar-refractivity contribution >= 4 is 0 Å². The third-order valence-corrected chi connectivity index (χ3v) is 3.05. The Morgan fingerprint density at radius 2 is 1.70 bits per heavy atom. The molecular formula is C9H17N. The monoisotopic (exact) mass is 139 g/mol. The first kappa shape index (κ1) is 6.66. The molecule has 1 aliphatic heterocycles. The Morgan fingerprint density at radius 3 is 2.40 bits per heavy atom. The second-order valence-corrected chi connectivity index (χ2v) is 3.77. The molecule has 0 aromatic rings. The average Bonchev–Trinajstić information content (AvgIpc) is 1.89. The normalized spacial score (nSPS) is 40.8. The molecule has 1 saturated carbocycles. The predicted octanol–water partition coefficient (Wildman–Crippen LogP) is 1.93. The van der Waals surface area contributed by atoms with E-state index < -0.39 is 0 Å². The summed E-state index contributed by atoms with van der Waals surface area (Å²) in [6, 6.07) is 0.917. The molecule has 1 heterocycles. The zero-order valence-electron chi connectivity index (χ0n) is 6.60. The van der Waals surface area contributed by atoms with E-state index in [0.29, 0.717) is 0 Å². The molecule has 2 aliphatic rings. The standard InChI is InChI=1S/C9H17N/c1-2-4-6-9-8(5-3-1)7-10-9/h8-10H,1-7H2/t8-,9-/m0/s1. The van der Waals surface area contributed by atoms with Gasteiger partial charge in [-0.2, -0.15) is 0 Å². The third kappa shape index (κ3) is 1.20. The minimum absolute atomic E-state index is 0.917. The molecule has 0 aromatic heterocycles. The maximum absolute atomic E-state index is 3.52. The van der Waals surface area contributed by atoms with Crippen molar-refractivity contribution in [3.8, 4) is 0 Å². The van der Waals surface area contributed by atoms with E-state index in [-0.39, 0.29) is 0 Å². The van der Waals surface area contributed by atoms with Gasteiger partial charge in [0, 0.05) is 6.04 Å². The van der Waals surface area contributed by atoms with E-state index in [1.165, 1.54) is 45.1 Å². The molecule has 1 saturated heterocycles. The van der Waals surface area contributed by atoms with Gasteiger partial charge in [-0.05, 0) is 25.3 Å². The molecule has 1 nitrogen and oxygen atoms in total. The smallest absolute Gasteiger partial charge is 0.0108 e. The molecular weight excluding hydrogens is 122 g/mol. The van der Waals surface area contributed by atoms with Crippen molar-refractivity contribution in [2.75, 3.05) is 6.54 Å². The Balaban J connectivity index is 1.83. The van der Waals surface area contributed by atoms with Gasteiger partial charge < -0.3 is 5.32 Å². The summed E-state index contributed by atoms with van der Waals surface area (Å²) in [5.41, 5.74) is 0. The van der Waals surface area contributed by atoms with Gasteiger partial charge in [0.15, 0.2) is 0 Å². The van der Waals surface area contributed by atoms with Gasteiger partial charge in [0.1, 0.15) is 0 Å². The highest BCUT2D eigenvalue weighted by Gasteiger charge is 2.29. The molecule has 0 bridgehead atoms. The van der Waals surface area contributed by atoms with Gasteiger partial charge in [0.25, 0.3) is 0 Å². The van der Waals surface area contributed by atoms with Crippen molar-refractivity contribution in [2.24, 2.45) is 5.92 Å². The molecule has 0 aromatic carbocycles. The van der Waals surface area contributed by atoms with Crippen LogP contribution >= 0.6 is 0 Å². The van der Waals surface area contributed by atoms with Crippen LogP contribution in [0.3, 0.4) is 0 Å². The van der Waals surface area contributed by atoms with Crippen LogP contribution < -0.4 is 5.32 Å². The Labute approximate surface area is 63.2 Å². The number of hydrogen-bond donors (Lipinski definition) is 1. The van der Waals surface area contributed by atoms with E-state index in [1.54, 1.807) is 0 Å². The van der Waals surface area contributed by atoms with E-state index in [1.807, 2.05) is 0 Å². The van der Waals surface area contributed by atoms with Crippen LogP contribution in [0.4, 0.5) is 0 Å². The van der Waals surface area contributed by atoms with Crippen LogP contribution in [-0.2, 0) is 0 Å². The minimum atomic E-state index is 0.917. The van der Waals surface area contributed by atoms with Gasteiger partial charge in [-0.15, -0.1) is 0 Å². The summed E-state index contributed by atoms with van der Waals surface area (Å²) in [5, 5.41) is 3.52. The van der Waals surface area contributed by atoms with Crippen LogP contribution in [0.25, 0.3) is 0 Å². The second kappa shape index (κ2) is 2.91. The molecule has 0 amide bonds. The SMILES string of the molecule is C1CCC[C@@H]2NC[C@@H]2CC1. The number of hydrogen-bond acceptors (Lipinski definition) is 1. The van der Waals surface area contributed by atoms with Crippen LogP contribution in [0.5, 0.6) is 0 Å². The number of fused-ring (bicyclic) bond motifs is 1. The maximum Gasteiger partial charge on any atom is 0.0108 e. The van der Waals surface area contributed by atoms with Crippen LogP contribution in [0.15, 0.2) is 0 Å². The summed E-state index contributed by atoms with van der Waals surface area (Å²) in [6.07, 6.45) is 8.87.